The number of aliphatic hydroxyl groups is 1. The quantitative estimate of drug-likeness (QED) is 0.926. The molecule has 1 fully saturated rings. The molecule has 100 valence electrons. The summed E-state index contributed by atoms with van der Waals surface area (Å²) in [4.78, 5) is 14.0. The maximum absolute atomic E-state index is 12.3. The molecule has 0 saturated carbocycles. The minimum absolute atomic E-state index is 0.00308. The number of hydrogen-bond acceptors (Lipinski definition) is 2. The summed E-state index contributed by atoms with van der Waals surface area (Å²) >= 11 is 3.39. The van der Waals surface area contributed by atoms with Crippen LogP contribution in [-0.4, -0.2) is 39.2 Å². The van der Waals surface area contributed by atoms with E-state index in [1.807, 2.05) is 30.7 Å². The zero-order chi connectivity index (χ0) is 13.3. The van der Waals surface area contributed by atoms with Crippen molar-refractivity contribution in [2.45, 2.75) is 38.8 Å². The molecule has 2 heterocycles. The van der Waals surface area contributed by atoms with Gasteiger partial charge in [0, 0.05) is 17.2 Å². The number of aryl methyl sites for hydroxylation is 1. The Labute approximate surface area is 116 Å². The predicted molar refractivity (Wildman–Crippen MR) is 73.6 cm³/mol. The third kappa shape index (κ3) is 2.47. The molecule has 1 aliphatic heterocycles. The van der Waals surface area contributed by atoms with E-state index in [-0.39, 0.29) is 5.91 Å². The van der Waals surface area contributed by atoms with Gasteiger partial charge >= 0.3 is 0 Å². The summed E-state index contributed by atoms with van der Waals surface area (Å²) in [6.07, 6.45) is 3.61. The van der Waals surface area contributed by atoms with Crippen molar-refractivity contribution in [2.75, 3.05) is 13.1 Å². The SMILES string of the molecule is CCCC1(O)CN(C(=O)c2cc(Br)cn2CC)C1. The van der Waals surface area contributed by atoms with Gasteiger partial charge in [0.15, 0.2) is 0 Å². The van der Waals surface area contributed by atoms with E-state index in [0.717, 1.165) is 23.9 Å². The number of likely N-dealkylation sites (tertiary alicyclic amines) is 1. The zero-order valence-corrected chi connectivity index (χ0v) is 12.4. The fourth-order valence-electron chi connectivity index (χ4n) is 2.51. The monoisotopic (exact) mass is 314 g/mol. The molecule has 0 atom stereocenters. The van der Waals surface area contributed by atoms with Gasteiger partial charge in [-0.15, -0.1) is 0 Å². The average Bonchev–Trinajstić information content (AvgIpc) is 2.66. The Morgan fingerprint density at radius 2 is 2.17 bits per heavy atom. The maximum atomic E-state index is 12.3. The molecule has 2 rings (SSSR count). The van der Waals surface area contributed by atoms with E-state index in [1.54, 1.807) is 4.90 Å². The summed E-state index contributed by atoms with van der Waals surface area (Å²) in [5, 5.41) is 10.1. The number of halogens is 1. The van der Waals surface area contributed by atoms with Crippen LogP contribution in [0.1, 0.15) is 37.2 Å². The molecule has 5 heteroatoms. The smallest absolute Gasteiger partial charge is 0.270 e. The highest BCUT2D eigenvalue weighted by Crippen LogP contribution is 2.28. The van der Waals surface area contributed by atoms with Gasteiger partial charge in [-0.05, 0) is 35.3 Å². The number of nitrogens with zero attached hydrogens (tertiary/aromatic N) is 2. The lowest BCUT2D eigenvalue weighted by atomic mass is 9.89. The molecule has 0 unspecified atom stereocenters. The third-order valence-corrected chi connectivity index (χ3v) is 3.83. The topological polar surface area (TPSA) is 45.5 Å². The first kappa shape index (κ1) is 13.6. The van der Waals surface area contributed by atoms with Gasteiger partial charge in [0.2, 0.25) is 0 Å². The van der Waals surface area contributed by atoms with Crippen molar-refractivity contribution in [1.29, 1.82) is 0 Å². The second-order valence-electron chi connectivity index (χ2n) is 4.97. The van der Waals surface area contributed by atoms with Gasteiger partial charge in [0.1, 0.15) is 5.69 Å². The minimum atomic E-state index is -0.661. The van der Waals surface area contributed by atoms with E-state index < -0.39 is 5.60 Å². The highest BCUT2D eigenvalue weighted by Gasteiger charge is 2.43. The molecule has 0 aliphatic carbocycles. The van der Waals surface area contributed by atoms with Crippen molar-refractivity contribution in [3.8, 4) is 0 Å². The first-order chi connectivity index (χ1) is 8.49. The lowest BCUT2D eigenvalue weighted by Gasteiger charge is -2.46. The average molecular weight is 315 g/mol. The van der Waals surface area contributed by atoms with Gasteiger partial charge in [-0.25, -0.2) is 0 Å². The van der Waals surface area contributed by atoms with Crippen molar-refractivity contribution >= 4 is 21.8 Å². The maximum Gasteiger partial charge on any atom is 0.270 e. The van der Waals surface area contributed by atoms with Crippen molar-refractivity contribution in [1.82, 2.24) is 9.47 Å². The molecule has 1 aliphatic rings. The van der Waals surface area contributed by atoms with Crippen LogP contribution in [0.4, 0.5) is 0 Å². The van der Waals surface area contributed by atoms with E-state index in [4.69, 9.17) is 0 Å². The van der Waals surface area contributed by atoms with Gasteiger partial charge in [0.25, 0.3) is 5.91 Å². The summed E-state index contributed by atoms with van der Waals surface area (Å²) in [7, 11) is 0. The Balaban J connectivity index is 2.05. The van der Waals surface area contributed by atoms with E-state index in [0.29, 0.717) is 18.8 Å². The molecule has 0 aromatic carbocycles. The second kappa shape index (κ2) is 5.05. The highest BCUT2D eigenvalue weighted by atomic mass is 79.9. The molecule has 1 amide bonds. The van der Waals surface area contributed by atoms with Crippen molar-refractivity contribution in [2.24, 2.45) is 0 Å². The van der Waals surface area contributed by atoms with Crippen molar-refractivity contribution in [3.05, 3.63) is 22.4 Å². The summed E-state index contributed by atoms with van der Waals surface area (Å²) in [5.41, 5.74) is 0.0218. The Bertz CT molecular complexity index is 450. The van der Waals surface area contributed by atoms with E-state index in [1.165, 1.54) is 0 Å². The van der Waals surface area contributed by atoms with Crippen LogP contribution in [0.5, 0.6) is 0 Å². The number of amides is 1. The Morgan fingerprint density at radius 3 is 2.72 bits per heavy atom. The molecule has 1 aromatic rings. The highest BCUT2D eigenvalue weighted by molar-refractivity contribution is 9.10. The van der Waals surface area contributed by atoms with E-state index in [2.05, 4.69) is 15.9 Å². The van der Waals surface area contributed by atoms with E-state index in [9.17, 15) is 9.90 Å². The van der Waals surface area contributed by atoms with Crippen LogP contribution in [0.3, 0.4) is 0 Å². The largest absolute Gasteiger partial charge is 0.386 e. The summed E-state index contributed by atoms with van der Waals surface area (Å²) in [6.45, 7) is 5.71. The van der Waals surface area contributed by atoms with Crippen LogP contribution in [0.15, 0.2) is 16.7 Å². The molecule has 1 N–H and O–H groups in total. The Hall–Kier alpha value is -0.810. The number of carbonyl (C=O) groups is 1. The molecule has 0 spiro atoms. The molecule has 18 heavy (non-hydrogen) atoms. The Morgan fingerprint density at radius 1 is 1.50 bits per heavy atom. The summed E-state index contributed by atoms with van der Waals surface area (Å²) in [6, 6.07) is 1.84. The number of β-amino-alcohol motifs (C(OH)–C–C–N with tert-alkyl or cyclic N) is 1. The van der Waals surface area contributed by atoms with Gasteiger partial charge in [-0.1, -0.05) is 13.3 Å². The lowest BCUT2D eigenvalue weighted by Crippen LogP contribution is -2.63. The standard InChI is InChI=1S/C13H19BrN2O2/c1-3-5-13(18)8-16(9-13)12(17)11-6-10(14)7-15(11)4-2/h6-7,18H,3-5,8-9H2,1-2H3. The van der Waals surface area contributed by atoms with Crippen LogP contribution in [0.2, 0.25) is 0 Å². The number of carbonyl (C=O) groups excluding carboxylic acids is 1. The summed E-state index contributed by atoms with van der Waals surface area (Å²) < 4.78 is 2.83. The van der Waals surface area contributed by atoms with Crippen LogP contribution >= 0.6 is 15.9 Å². The van der Waals surface area contributed by atoms with Crippen LogP contribution in [0.25, 0.3) is 0 Å². The van der Waals surface area contributed by atoms with Crippen LogP contribution in [-0.2, 0) is 6.54 Å². The second-order valence-corrected chi connectivity index (χ2v) is 5.88. The zero-order valence-electron chi connectivity index (χ0n) is 10.8. The van der Waals surface area contributed by atoms with Crippen molar-refractivity contribution in [3.63, 3.8) is 0 Å². The minimum Gasteiger partial charge on any atom is -0.386 e. The van der Waals surface area contributed by atoms with Crippen LogP contribution in [0, 0.1) is 0 Å². The fraction of sp³-hybridized carbons (Fsp3) is 0.615. The number of aromatic nitrogens is 1. The van der Waals surface area contributed by atoms with Crippen molar-refractivity contribution < 1.29 is 9.90 Å². The van der Waals surface area contributed by atoms with Gasteiger partial charge in [-0.2, -0.15) is 0 Å². The molecule has 1 saturated heterocycles. The molecule has 1 aromatic heterocycles. The summed E-state index contributed by atoms with van der Waals surface area (Å²) in [5.74, 6) is 0.00308. The molecule has 0 bridgehead atoms. The molecule has 4 nitrogen and oxygen atoms in total. The van der Waals surface area contributed by atoms with Crippen LogP contribution < -0.4 is 0 Å². The lowest BCUT2D eigenvalue weighted by molar-refractivity contribution is -0.0862. The van der Waals surface area contributed by atoms with Gasteiger partial charge < -0.3 is 14.6 Å². The molecule has 0 radical (unpaired) electrons. The third-order valence-electron chi connectivity index (χ3n) is 3.40. The van der Waals surface area contributed by atoms with Gasteiger partial charge in [0.05, 0.1) is 18.7 Å². The molecular formula is C13H19BrN2O2. The van der Waals surface area contributed by atoms with E-state index >= 15 is 0 Å². The van der Waals surface area contributed by atoms with Gasteiger partial charge in [-0.3, -0.25) is 4.79 Å². The molecular weight excluding hydrogens is 296 g/mol. The Kier molecular flexibility index (Phi) is 3.82. The first-order valence-corrected chi connectivity index (χ1v) is 7.15. The number of rotatable bonds is 4. The normalized spacial score (nSPS) is 17.7. The number of hydrogen-bond donors (Lipinski definition) is 1. The first-order valence-electron chi connectivity index (χ1n) is 6.36. The predicted octanol–water partition coefficient (Wildman–Crippen LogP) is 2.26. The fourth-order valence-corrected chi connectivity index (χ4v) is 2.97.